The van der Waals surface area contributed by atoms with Gasteiger partial charge in [-0.3, -0.25) is 9.59 Å². The summed E-state index contributed by atoms with van der Waals surface area (Å²) in [4.78, 5) is 24.6. The third kappa shape index (κ3) is 7.32. The van der Waals surface area contributed by atoms with Crippen molar-refractivity contribution in [1.29, 1.82) is 0 Å². The molecule has 0 aromatic rings. The molecule has 0 N–H and O–H groups in total. The minimum Gasteiger partial charge on any atom is -0.465 e. The van der Waals surface area contributed by atoms with Crippen LogP contribution >= 0.6 is 0 Å². The molecule has 0 aliphatic carbocycles. The van der Waals surface area contributed by atoms with Crippen LogP contribution in [0.15, 0.2) is 11.6 Å². The van der Waals surface area contributed by atoms with Crippen molar-refractivity contribution in [2.24, 2.45) is 17.3 Å². The van der Waals surface area contributed by atoms with Gasteiger partial charge in [0.15, 0.2) is 0 Å². The highest BCUT2D eigenvalue weighted by Crippen LogP contribution is 2.31. The third-order valence-electron chi connectivity index (χ3n) is 4.98. The molecule has 0 bridgehead atoms. The fraction of sp³-hybridized carbons (Fsp3) is 0.800. The van der Waals surface area contributed by atoms with Crippen LogP contribution in [-0.4, -0.2) is 18.4 Å². The summed E-state index contributed by atoms with van der Waals surface area (Å²) in [5.74, 6) is 0.712. The van der Waals surface area contributed by atoms with Gasteiger partial charge in [-0.15, -0.1) is 0 Å². The molecule has 1 heterocycles. The first-order valence-corrected chi connectivity index (χ1v) is 9.08. The highest BCUT2D eigenvalue weighted by atomic mass is 16.5. The van der Waals surface area contributed by atoms with E-state index in [0.29, 0.717) is 25.4 Å². The highest BCUT2D eigenvalue weighted by Gasteiger charge is 2.32. The zero-order valence-corrected chi connectivity index (χ0v) is 15.6. The SMILES string of the molecule is CC1=CCCCC(C)CC(C)C(=O)C(C)(C)CCC(=O)OCC1. The van der Waals surface area contributed by atoms with Crippen LogP contribution in [0.5, 0.6) is 0 Å². The number of ketones is 1. The van der Waals surface area contributed by atoms with E-state index in [9.17, 15) is 9.59 Å². The lowest BCUT2D eigenvalue weighted by molar-refractivity contribution is -0.144. The molecule has 3 heteroatoms. The second-order valence-corrected chi connectivity index (χ2v) is 7.94. The van der Waals surface area contributed by atoms with E-state index in [1.165, 1.54) is 5.57 Å². The first-order valence-electron chi connectivity index (χ1n) is 9.08. The van der Waals surface area contributed by atoms with Crippen LogP contribution in [0, 0.1) is 17.3 Å². The van der Waals surface area contributed by atoms with Gasteiger partial charge < -0.3 is 4.74 Å². The normalized spacial score (nSPS) is 28.8. The van der Waals surface area contributed by atoms with Crippen molar-refractivity contribution in [2.45, 2.75) is 79.6 Å². The molecule has 0 fully saturated rings. The van der Waals surface area contributed by atoms with Crippen LogP contribution in [0.4, 0.5) is 0 Å². The number of ether oxygens (including phenoxy) is 1. The van der Waals surface area contributed by atoms with Gasteiger partial charge in [0.05, 0.1) is 6.61 Å². The number of allylic oxidation sites excluding steroid dienone is 1. The molecule has 0 aromatic heterocycles. The summed E-state index contributed by atoms with van der Waals surface area (Å²) in [5.41, 5.74) is 0.840. The van der Waals surface area contributed by atoms with E-state index in [0.717, 1.165) is 32.1 Å². The van der Waals surface area contributed by atoms with E-state index >= 15 is 0 Å². The average molecular weight is 322 g/mol. The molecule has 0 aromatic carbocycles. The third-order valence-corrected chi connectivity index (χ3v) is 4.98. The van der Waals surface area contributed by atoms with Crippen molar-refractivity contribution in [2.75, 3.05) is 6.61 Å². The summed E-state index contributed by atoms with van der Waals surface area (Å²) in [6.07, 6.45) is 8.28. The van der Waals surface area contributed by atoms with Gasteiger partial charge in [-0.25, -0.2) is 0 Å². The summed E-state index contributed by atoms with van der Waals surface area (Å²) < 4.78 is 5.29. The van der Waals surface area contributed by atoms with E-state index < -0.39 is 5.41 Å². The summed E-state index contributed by atoms with van der Waals surface area (Å²) in [6, 6.07) is 0. The maximum Gasteiger partial charge on any atom is 0.305 e. The number of esters is 1. The molecule has 2 unspecified atom stereocenters. The number of Topliss-reactive ketones (excluding diaryl/α,β-unsaturated/α-hetero) is 1. The molecule has 3 nitrogen and oxygen atoms in total. The largest absolute Gasteiger partial charge is 0.465 e. The van der Waals surface area contributed by atoms with Crippen LogP contribution in [0.3, 0.4) is 0 Å². The van der Waals surface area contributed by atoms with Gasteiger partial charge in [-0.05, 0) is 38.5 Å². The van der Waals surface area contributed by atoms with E-state index in [1.54, 1.807) is 0 Å². The molecular weight excluding hydrogens is 288 g/mol. The van der Waals surface area contributed by atoms with E-state index in [1.807, 2.05) is 20.8 Å². The van der Waals surface area contributed by atoms with E-state index in [-0.39, 0.29) is 17.7 Å². The van der Waals surface area contributed by atoms with Gasteiger partial charge in [0.25, 0.3) is 0 Å². The number of cyclic esters (lactones) is 1. The highest BCUT2D eigenvalue weighted by molar-refractivity contribution is 5.86. The summed E-state index contributed by atoms with van der Waals surface area (Å²) in [5, 5.41) is 0. The Morgan fingerprint density at radius 1 is 1.17 bits per heavy atom. The fourth-order valence-corrected chi connectivity index (χ4v) is 3.35. The molecule has 1 rings (SSSR count). The van der Waals surface area contributed by atoms with Gasteiger partial charge >= 0.3 is 5.97 Å². The second kappa shape index (κ2) is 9.24. The fourth-order valence-electron chi connectivity index (χ4n) is 3.35. The van der Waals surface area contributed by atoms with Gasteiger partial charge in [-0.2, -0.15) is 0 Å². The molecule has 23 heavy (non-hydrogen) atoms. The molecule has 1 aliphatic heterocycles. The number of hydrogen-bond acceptors (Lipinski definition) is 3. The lowest BCUT2D eigenvalue weighted by Gasteiger charge is -2.27. The van der Waals surface area contributed by atoms with Crippen LogP contribution < -0.4 is 0 Å². The molecule has 1 aliphatic rings. The van der Waals surface area contributed by atoms with Crippen LogP contribution in [-0.2, 0) is 14.3 Å². The first-order chi connectivity index (χ1) is 10.7. The maximum absolute atomic E-state index is 12.7. The number of carbonyl (C=O) groups excluding carboxylic acids is 2. The van der Waals surface area contributed by atoms with E-state index in [4.69, 9.17) is 4.74 Å². The van der Waals surface area contributed by atoms with Crippen molar-refractivity contribution < 1.29 is 14.3 Å². The second-order valence-electron chi connectivity index (χ2n) is 7.94. The zero-order chi connectivity index (χ0) is 17.5. The number of carbonyl (C=O) groups is 2. The summed E-state index contributed by atoms with van der Waals surface area (Å²) in [7, 11) is 0. The first kappa shape index (κ1) is 19.9. The van der Waals surface area contributed by atoms with Crippen molar-refractivity contribution >= 4 is 11.8 Å². The van der Waals surface area contributed by atoms with Gasteiger partial charge in [0.2, 0.25) is 0 Å². The van der Waals surface area contributed by atoms with E-state index in [2.05, 4.69) is 19.9 Å². The van der Waals surface area contributed by atoms with Crippen molar-refractivity contribution in [3.8, 4) is 0 Å². The Hall–Kier alpha value is -1.12. The Bertz CT molecular complexity index is 434. The molecule has 0 spiro atoms. The predicted octanol–water partition coefficient (Wildman–Crippen LogP) is 5.09. The lowest BCUT2D eigenvalue weighted by Crippen LogP contribution is -2.31. The molecule has 2 atom stereocenters. The van der Waals surface area contributed by atoms with Gasteiger partial charge in [0.1, 0.15) is 5.78 Å². The Kier molecular flexibility index (Phi) is 8.01. The topological polar surface area (TPSA) is 43.4 Å². The molecule has 0 saturated carbocycles. The van der Waals surface area contributed by atoms with Crippen LogP contribution in [0.25, 0.3) is 0 Å². The summed E-state index contributed by atoms with van der Waals surface area (Å²) in [6.45, 7) is 10.7. The molecule has 0 saturated heterocycles. The number of rotatable bonds is 0. The average Bonchev–Trinajstić information content (AvgIpc) is 2.48. The predicted molar refractivity (Wildman–Crippen MR) is 94.2 cm³/mol. The molecule has 0 amide bonds. The van der Waals surface area contributed by atoms with Crippen molar-refractivity contribution in [3.63, 3.8) is 0 Å². The Labute approximate surface area is 141 Å². The van der Waals surface area contributed by atoms with Crippen LogP contribution in [0.2, 0.25) is 0 Å². The Morgan fingerprint density at radius 2 is 1.87 bits per heavy atom. The minimum atomic E-state index is -0.453. The zero-order valence-electron chi connectivity index (χ0n) is 15.6. The standard InChI is InChI=1S/C20H34O3/c1-15-8-6-7-9-16(2)14-17(3)19(22)20(4,5)12-10-18(21)23-13-11-15/h8,16-17H,6-7,9-14H2,1-5H3. The van der Waals surface area contributed by atoms with Crippen LogP contribution in [0.1, 0.15) is 79.6 Å². The van der Waals surface area contributed by atoms with Crippen molar-refractivity contribution in [1.82, 2.24) is 0 Å². The minimum absolute atomic E-state index is 0.0567. The molecule has 0 radical (unpaired) electrons. The molecular formula is C20H34O3. The quantitative estimate of drug-likeness (QED) is 0.461. The Balaban J connectivity index is 2.75. The number of hydrogen-bond donors (Lipinski definition) is 0. The van der Waals surface area contributed by atoms with Gasteiger partial charge in [0, 0.05) is 24.2 Å². The summed E-state index contributed by atoms with van der Waals surface area (Å²) >= 11 is 0. The lowest BCUT2D eigenvalue weighted by atomic mass is 9.75. The smallest absolute Gasteiger partial charge is 0.305 e. The maximum atomic E-state index is 12.7. The molecule has 132 valence electrons. The van der Waals surface area contributed by atoms with Gasteiger partial charge in [-0.1, -0.05) is 45.8 Å². The monoisotopic (exact) mass is 322 g/mol. The van der Waals surface area contributed by atoms with Crippen molar-refractivity contribution in [3.05, 3.63) is 11.6 Å². The Morgan fingerprint density at radius 3 is 2.57 bits per heavy atom.